The molecule has 4 rings (SSSR count). The molecule has 156 valence electrons. The number of carbonyl (C=O) groups is 1. The zero-order chi connectivity index (χ0) is 21.6. The summed E-state index contributed by atoms with van der Waals surface area (Å²) in [4.78, 5) is 24.1. The van der Waals surface area contributed by atoms with Crippen molar-refractivity contribution in [1.29, 1.82) is 0 Å². The Bertz CT molecular complexity index is 1250. The van der Waals surface area contributed by atoms with Gasteiger partial charge in [-0.15, -0.1) is 0 Å². The highest BCUT2D eigenvalue weighted by Gasteiger charge is 2.09. The second-order valence-corrected chi connectivity index (χ2v) is 7.75. The molecule has 0 fully saturated rings. The van der Waals surface area contributed by atoms with Crippen LogP contribution < -0.4 is 14.9 Å². The van der Waals surface area contributed by atoms with Gasteiger partial charge in [0.05, 0.1) is 18.3 Å². The van der Waals surface area contributed by atoms with Gasteiger partial charge in [0.1, 0.15) is 11.5 Å². The maximum atomic E-state index is 12.5. The number of hydrogen-bond acceptors (Lipinski definition) is 5. The van der Waals surface area contributed by atoms with E-state index in [1.807, 2.05) is 60.7 Å². The molecule has 3 aromatic carbocycles. The van der Waals surface area contributed by atoms with Gasteiger partial charge in [-0.3, -0.25) is 14.2 Å². The van der Waals surface area contributed by atoms with Crippen LogP contribution >= 0.6 is 11.3 Å². The summed E-state index contributed by atoms with van der Waals surface area (Å²) >= 11 is 0.945. The summed E-state index contributed by atoms with van der Waals surface area (Å²) in [6, 6.07) is 24.1. The van der Waals surface area contributed by atoms with E-state index in [0.29, 0.717) is 11.4 Å². The van der Waals surface area contributed by atoms with Crippen LogP contribution in [0.4, 0.5) is 5.69 Å². The number of hydrogen-bond donors (Lipinski definition) is 2. The predicted molar refractivity (Wildman–Crippen MR) is 121 cm³/mol. The normalized spacial score (nSPS) is 10.6. The van der Waals surface area contributed by atoms with Crippen molar-refractivity contribution in [1.82, 2.24) is 4.57 Å². The van der Waals surface area contributed by atoms with Gasteiger partial charge in [0, 0.05) is 5.69 Å². The van der Waals surface area contributed by atoms with Gasteiger partial charge in [0.15, 0.2) is 0 Å². The predicted octanol–water partition coefficient (Wildman–Crippen LogP) is 4.64. The van der Waals surface area contributed by atoms with Crippen molar-refractivity contribution in [2.45, 2.75) is 13.0 Å². The lowest BCUT2D eigenvalue weighted by molar-refractivity contribution is -0.115. The molecule has 0 aliphatic heterocycles. The Hall–Kier alpha value is -3.84. The van der Waals surface area contributed by atoms with Crippen molar-refractivity contribution < 1.29 is 14.6 Å². The first kappa shape index (κ1) is 20.4. The molecule has 0 aliphatic rings. The van der Waals surface area contributed by atoms with Crippen molar-refractivity contribution in [2.24, 2.45) is 0 Å². The van der Waals surface area contributed by atoms with Crippen LogP contribution in [-0.2, 0) is 17.8 Å². The van der Waals surface area contributed by atoms with Gasteiger partial charge in [0.25, 0.3) is 0 Å². The molecular formula is C24H20N2O4S. The first-order chi connectivity index (χ1) is 15.1. The van der Waals surface area contributed by atoms with Crippen molar-refractivity contribution in [3.8, 4) is 17.4 Å². The number of carbonyl (C=O) groups excluding carboxylic acids is 1. The molecule has 6 nitrogen and oxygen atoms in total. The second-order valence-electron chi connectivity index (χ2n) is 6.93. The number of aromatic nitrogens is 1. The van der Waals surface area contributed by atoms with Gasteiger partial charge >= 0.3 is 4.87 Å². The van der Waals surface area contributed by atoms with Gasteiger partial charge in [-0.1, -0.05) is 53.8 Å². The minimum atomic E-state index is -0.232. The van der Waals surface area contributed by atoms with Gasteiger partial charge in [-0.25, -0.2) is 0 Å². The third-order valence-electron chi connectivity index (χ3n) is 4.56. The Balaban J connectivity index is 1.40. The number of nitrogens with zero attached hydrogens (tertiary/aromatic N) is 1. The van der Waals surface area contributed by atoms with Gasteiger partial charge in [0.2, 0.25) is 11.8 Å². The lowest BCUT2D eigenvalue weighted by Crippen LogP contribution is -2.15. The van der Waals surface area contributed by atoms with E-state index in [0.717, 1.165) is 28.2 Å². The molecule has 7 heteroatoms. The monoisotopic (exact) mass is 432 g/mol. The van der Waals surface area contributed by atoms with E-state index < -0.39 is 0 Å². The Morgan fingerprint density at radius 1 is 0.935 bits per heavy atom. The average molecular weight is 433 g/mol. The fraction of sp³-hybridized carbons (Fsp3) is 0.0833. The smallest absolute Gasteiger partial charge is 0.310 e. The van der Waals surface area contributed by atoms with Crippen LogP contribution in [-0.4, -0.2) is 15.6 Å². The lowest BCUT2D eigenvalue weighted by atomic mass is 10.1. The number of thiazole rings is 1. The van der Waals surface area contributed by atoms with Crippen LogP contribution in [0.3, 0.4) is 0 Å². The van der Waals surface area contributed by atoms with E-state index in [9.17, 15) is 14.7 Å². The zero-order valence-corrected chi connectivity index (χ0v) is 17.3. The first-order valence-corrected chi connectivity index (χ1v) is 10.5. The highest BCUT2D eigenvalue weighted by Crippen LogP contribution is 2.22. The van der Waals surface area contributed by atoms with E-state index >= 15 is 0 Å². The third kappa shape index (κ3) is 5.40. The maximum Gasteiger partial charge on any atom is 0.310 e. The van der Waals surface area contributed by atoms with Crippen LogP contribution in [0, 0.1) is 0 Å². The quantitative estimate of drug-likeness (QED) is 0.446. The molecule has 0 saturated heterocycles. The van der Waals surface area contributed by atoms with Gasteiger partial charge in [-0.05, 0) is 47.5 Å². The Kier molecular flexibility index (Phi) is 6.14. The molecule has 1 amide bonds. The fourth-order valence-corrected chi connectivity index (χ4v) is 3.75. The summed E-state index contributed by atoms with van der Waals surface area (Å²) in [5, 5.41) is 14.1. The molecule has 1 heterocycles. The van der Waals surface area contributed by atoms with Crippen molar-refractivity contribution in [3.05, 3.63) is 105 Å². The molecule has 4 aromatic rings. The minimum absolute atomic E-state index is 0.0676. The Morgan fingerprint density at radius 3 is 2.45 bits per heavy atom. The Labute approximate surface area is 183 Å². The van der Waals surface area contributed by atoms with E-state index in [2.05, 4.69) is 5.32 Å². The maximum absolute atomic E-state index is 12.5. The number of para-hydroxylation sites is 1. The number of benzene rings is 3. The van der Waals surface area contributed by atoms with E-state index in [1.54, 1.807) is 18.2 Å². The molecule has 0 atom stereocenters. The number of amides is 1. The molecule has 0 bridgehead atoms. The Morgan fingerprint density at radius 2 is 1.68 bits per heavy atom. The summed E-state index contributed by atoms with van der Waals surface area (Å²) in [7, 11) is 0. The van der Waals surface area contributed by atoms with Gasteiger partial charge < -0.3 is 15.2 Å². The summed E-state index contributed by atoms with van der Waals surface area (Å²) < 4.78 is 7.11. The average Bonchev–Trinajstić information content (AvgIpc) is 3.07. The first-order valence-electron chi connectivity index (χ1n) is 9.65. The van der Waals surface area contributed by atoms with E-state index in [4.69, 9.17) is 4.74 Å². The van der Waals surface area contributed by atoms with E-state index in [1.165, 1.54) is 9.95 Å². The molecule has 0 unspecified atom stereocenters. The summed E-state index contributed by atoms with van der Waals surface area (Å²) in [5.74, 6) is 1.17. The summed E-state index contributed by atoms with van der Waals surface area (Å²) in [5.41, 5.74) is 2.26. The third-order valence-corrected chi connectivity index (χ3v) is 5.31. The number of anilines is 1. The molecule has 0 radical (unpaired) electrons. The molecule has 31 heavy (non-hydrogen) atoms. The topological polar surface area (TPSA) is 80.6 Å². The standard InChI is InChI=1S/C24H20N2O4S/c27-22(14-17-6-5-11-21(13-17)30-20-9-2-1-3-10-20)25-19-8-4-7-18(12-19)15-26-23(28)16-31-24(26)29/h1-13,16,28H,14-15H2,(H,25,27). The highest BCUT2D eigenvalue weighted by atomic mass is 32.1. The number of nitrogens with one attached hydrogen (secondary N) is 1. The van der Waals surface area contributed by atoms with Gasteiger partial charge in [-0.2, -0.15) is 0 Å². The SMILES string of the molecule is O=C(Cc1cccc(Oc2ccccc2)c1)Nc1cccc(Cn2c(O)csc2=O)c1. The van der Waals surface area contributed by atoms with Crippen molar-refractivity contribution in [3.63, 3.8) is 0 Å². The molecule has 2 N–H and O–H groups in total. The van der Waals surface area contributed by atoms with Crippen LogP contribution in [0.2, 0.25) is 0 Å². The minimum Gasteiger partial charge on any atom is -0.494 e. The molecule has 0 saturated carbocycles. The van der Waals surface area contributed by atoms with Crippen LogP contribution in [0.5, 0.6) is 17.4 Å². The van der Waals surface area contributed by atoms with Crippen molar-refractivity contribution >= 4 is 22.9 Å². The fourth-order valence-electron chi connectivity index (χ4n) is 3.13. The largest absolute Gasteiger partial charge is 0.494 e. The molecule has 1 aromatic heterocycles. The number of rotatable bonds is 7. The summed E-state index contributed by atoms with van der Waals surface area (Å²) in [6.45, 7) is 0.233. The van der Waals surface area contributed by atoms with Crippen LogP contribution in [0.1, 0.15) is 11.1 Å². The number of aromatic hydroxyl groups is 1. The van der Waals surface area contributed by atoms with Crippen LogP contribution in [0.15, 0.2) is 89.0 Å². The van der Waals surface area contributed by atoms with Crippen molar-refractivity contribution in [2.75, 3.05) is 5.32 Å². The second kappa shape index (κ2) is 9.32. The lowest BCUT2D eigenvalue weighted by Gasteiger charge is -2.10. The molecule has 0 spiro atoms. The summed E-state index contributed by atoms with van der Waals surface area (Å²) in [6.07, 6.45) is 0.195. The molecular weight excluding hydrogens is 412 g/mol. The van der Waals surface area contributed by atoms with E-state index in [-0.39, 0.29) is 29.6 Å². The highest BCUT2D eigenvalue weighted by molar-refractivity contribution is 7.07. The molecule has 0 aliphatic carbocycles. The number of ether oxygens (including phenoxy) is 1. The van der Waals surface area contributed by atoms with Crippen LogP contribution in [0.25, 0.3) is 0 Å². The zero-order valence-electron chi connectivity index (χ0n) is 16.5.